The first-order valence-electron chi connectivity index (χ1n) is 10.9. The van der Waals surface area contributed by atoms with Crippen LogP contribution in [0.4, 0.5) is 5.69 Å². The number of ether oxygens (including phenoxy) is 1. The summed E-state index contributed by atoms with van der Waals surface area (Å²) < 4.78 is 7.70. The number of hydrogen-bond acceptors (Lipinski definition) is 4. The first-order valence-corrected chi connectivity index (χ1v) is 10.9. The lowest BCUT2D eigenvalue weighted by Crippen LogP contribution is -2.38. The highest BCUT2D eigenvalue weighted by Crippen LogP contribution is 2.23. The largest absolute Gasteiger partial charge is 0.377 e. The van der Waals surface area contributed by atoms with E-state index >= 15 is 0 Å². The van der Waals surface area contributed by atoms with Crippen LogP contribution in [0.1, 0.15) is 29.8 Å². The van der Waals surface area contributed by atoms with Crippen molar-refractivity contribution in [1.82, 2.24) is 14.7 Å². The molecule has 162 valence electrons. The molecule has 6 heteroatoms. The second kappa shape index (κ2) is 9.90. The number of amides is 1. The standard InChI is InChI=1S/C25H30N4O2/c1-19-25(20(2)29(27-19)22-12-7-4-8-13-22)26-24(30)18-28(17-23-14-9-15-31-23)16-21-10-5-3-6-11-21/h3-8,10-13,23H,9,14-18H2,1-2H3,(H,26,30). The third kappa shape index (κ3) is 5.40. The number of aryl methyl sites for hydroxylation is 1. The smallest absolute Gasteiger partial charge is 0.238 e. The van der Waals surface area contributed by atoms with E-state index in [0.717, 1.165) is 55.3 Å². The molecule has 1 aromatic heterocycles. The van der Waals surface area contributed by atoms with Crippen LogP contribution in [0.25, 0.3) is 5.69 Å². The molecular weight excluding hydrogens is 388 g/mol. The summed E-state index contributed by atoms with van der Waals surface area (Å²) in [6.07, 6.45) is 2.34. The summed E-state index contributed by atoms with van der Waals surface area (Å²) in [6.45, 7) is 6.50. The Kier molecular flexibility index (Phi) is 6.79. The zero-order valence-electron chi connectivity index (χ0n) is 18.3. The Hall–Kier alpha value is -2.96. The fourth-order valence-corrected chi connectivity index (χ4v) is 4.13. The third-order valence-corrected chi connectivity index (χ3v) is 5.66. The van der Waals surface area contributed by atoms with E-state index in [1.165, 1.54) is 5.56 Å². The molecule has 0 spiro atoms. The summed E-state index contributed by atoms with van der Waals surface area (Å²) in [5.74, 6) is -0.0345. The van der Waals surface area contributed by atoms with Crippen molar-refractivity contribution >= 4 is 11.6 Å². The zero-order chi connectivity index (χ0) is 21.6. The van der Waals surface area contributed by atoms with Gasteiger partial charge < -0.3 is 10.1 Å². The van der Waals surface area contributed by atoms with Crippen LogP contribution in [0.15, 0.2) is 60.7 Å². The maximum atomic E-state index is 13.0. The number of benzene rings is 2. The molecule has 0 saturated carbocycles. The first kappa shape index (κ1) is 21.3. The summed E-state index contributed by atoms with van der Waals surface area (Å²) in [6, 6.07) is 20.2. The Morgan fingerprint density at radius 1 is 1.13 bits per heavy atom. The van der Waals surface area contributed by atoms with E-state index < -0.39 is 0 Å². The highest BCUT2D eigenvalue weighted by Gasteiger charge is 2.22. The van der Waals surface area contributed by atoms with Gasteiger partial charge in [0.15, 0.2) is 0 Å². The Morgan fingerprint density at radius 3 is 2.52 bits per heavy atom. The van der Waals surface area contributed by atoms with Crippen molar-refractivity contribution in [3.8, 4) is 5.69 Å². The SMILES string of the molecule is Cc1nn(-c2ccccc2)c(C)c1NC(=O)CN(Cc1ccccc1)CC1CCCO1. The molecule has 1 fully saturated rings. The van der Waals surface area contributed by atoms with E-state index in [9.17, 15) is 4.79 Å². The summed E-state index contributed by atoms with van der Waals surface area (Å²) in [5.41, 5.74) is 4.69. The second-order valence-corrected chi connectivity index (χ2v) is 8.13. The zero-order valence-corrected chi connectivity index (χ0v) is 18.3. The van der Waals surface area contributed by atoms with Gasteiger partial charge in [-0.1, -0.05) is 48.5 Å². The van der Waals surface area contributed by atoms with Crippen molar-refractivity contribution in [3.05, 3.63) is 77.6 Å². The van der Waals surface area contributed by atoms with Gasteiger partial charge in [0.05, 0.1) is 35.4 Å². The highest BCUT2D eigenvalue weighted by molar-refractivity contribution is 5.93. The van der Waals surface area contributed by atoms with Gasteiger partial charge in [-0.15, -0.1) is 0 Å². The fourth-order valence-electron chi connectivity index (χ4n) is 4.13. The van der Waals surface area contributed by atoms with Crippen LogP contribution in [-0.2, 0) is 16.1 Å². The highest BCUT2D eigenvalue weighted by atomic mass is 16.5. The first-order chi connectivity index (χ1) is 15.1. The summed E-state index contributed by atoms with van der Waals surface area (Å²) in [5, 5.41) is 7.74. The van der Waals surface area contributed by atoms with Crippen molar-refractivity contribution < 1.29 is 9.53 Å². The lowest BCUT2D eigenvalue weighted by Gasteiger charge is -2.24. The van der Waals surface area contributed by atoms with Crippen molar-refractivity contribution in [1.29, 1.82) is 0 Å². The van der Waals surface area contributed by atoms with Crippen molar-refractivity contribution in [2.45, 2.75) is 39.3 Å². The molecule has 0 radical (unpaired) electrons. The predicted molar refractivity (Wildman–Crippen MR) is 122 cm³/mol. The third-order valence-electron chi connectivity index (χ3n) is 5.66. The molecule has 6 nitrogen and oxygen atoms in total. The lowest BCUT2D eigenvalue weighted by molar-refractivity contribution is -0.117. The van der Waals surface area contributed by atoms with Crippen molar-refractivity contribution in [2.75, 3.05) is 25.0 Å². The molecule has 1 unspecified atom stereocenters. The van der Waals surface area contributed by atoms with Crippen LogP contribution >= 0.6 is 0 Å². The minimum absolute atomic E-state index is 0.0345. The molecule has 1 atom stereocenters. The summed E-state index contributed by atoms with van der Waals surface area (Å²) in [7, 11) is 0. The maximum absolute atomic E-state index is 13.0. The Bertz CT molecular complexity index is 995. The summed E-state index contributed by atoms with van der Waals surface area (Å²) in [4.78, 5) is 15.2. The number of carbonyl (C=O) groups excluding carboxylic acids is 1. The van der Waals surface area contributed by atoms with Crippen LogP contribution in [0, 0.1) is 13.8 Å². The van der Waals surface area contributed by atoms with Gasteiger partial charge >= 0.3 is 0 Å². The molecule has 1 amide bonds. The van der Waals surface area contributed by atoms with Crippen LogP contribution in [-0.4, -0.2) is 46.4 Å². The predicted octanol–water partition coefficient (Wildman–Crippen LogP) is 4.11. The van der Waals surface area contributed by atoms with E-state index in [1.54, 1.807) is 0 Å². The molecule has 2 heterocycles. The molecule has 4 rings (SSSR count). The molecule has 0 bridgehead atoms. The number of aromatic nitrogens is 2. The van der Waals surface area contributed by atoms with Gasteiger partial charge in [0.2, 0.25) is 5.91 Å². The van der Waals surface area contributed by atoms with Crippen molar-refractivity contribution in [3.63, 3.8) is 0 Å². The molecule has 1 saturated heterocycles. The number of nitrogens with zero attached hydrogens (tertiary/aromatic N) is 3. The number of para-hydroxylation sites is 1. The van der Waals surface area contributed by atoms with E-state index in [4.69, 9.17) is 4.74 Å². The van der Waals surface area contributed by atoms with Crippen LogP contribution in [0.2, 0.25) is 0 Å². The average Bonchev–Trinajstić information content (AvgIpc) is 3.38. The van der Waals surface area contributed by atoms with Gasteiger partial charge in [-0.25, -0.2) is 4.68 Å². The Balaban J connectivity index is 1.46. The Morgan fingerprint density at radius 2 is 1.84 bits per heavy atom. The van der Waals surface area contributed by atoms with E-state index in [-0.39, 0.29) is 12.0 Å². The van der Waals surface area contributed by atoms with Gasteiger partial charge in [-0.05, 0) is 44.4 Å². The number of anilines is 1. The minimum Gasteiger partial charge on any atom is -0.377 e. The van der Waals surface area contributed by atoms with Gasteiger partial charge in [0.1, 0.15) is 0 Å². The molecule has 1 aliphatic heterocycles. The number of hydrogen-bond donors (Lipinski definition) is 1. The lowest BCUT2D eigenvalue weighted by atomic mass is 10.2. The Labute approximate surface area is 183 Å². The van der Waals surface area contributed by atoms with Crippen LogP contribution in [0.3, 0.4) is 0 Å². The van der Waals surface area contributed by atoms with E-state index in [2.05, 4.69) is 27.4 Å². The average molecular weight is 419 g/mol. The molecule has 3 aromatic rings. The quantitative estimate of drug-likeness (QED) is 0.598. The molecule has 31 heavy (non-hydrogen) atoms. The molecular formula is C25H30N4O2. The van der Waals surface area contributed by atoms with E-state index in [1.807, 2.05) is 67.1 Å². The van der Waals surface area contributed by atoms with E-state index in [0.29, 0.717) is 6.54 Å². The number of carbonyl (C=O) groups is 1. The molecule has 2 aromatic carbocycles. The second-order valence-electron chi connectivity index (χ2n) is 8.13. The van der Waals surface area contributed by atoms with Crippen LogP contribution < -0.4 is 5.32 Å². The normalized spacial score (nSPS) is 16.0. The molecule has 1 aliphatic rings. The maximum Gasteiger partial charge on any atom is 0.238 e. The van der Waals surface area contributed by atoms with Gasteiger partial charge in [-0.2, -0.15) is 5.10 Å². The van der Waals surface area contributed by atoms with Gasteiger partial charge in [-0.3, -0.25) is 9.69 Å². The van der Waals surface area contributed by atoms with Crippen LogP contribution in [0.5, 0.6) is 0 Å². The number of nitrogens with one attached hydrogen (secondary N) is 1. The fraction of sp³-hybridized carbons (Fsp3) is 0.360. The molecule has 0 aliphatic carbocycles. The molecule has 1 N–H and O–H groups in total. The van der Waals surface area contributed by atoms with Gasteiger partial charge in [0, 0.05) is 19.7 Å². The van der Waals surface area contributed by atoms with Gasteiger partial charge in [0.25, 0.3) is 0 Å². The number of rotatable bonds is 8. The topological polar surface area (TPSA) is 59.4 Å². The monoisotopic (exact) mass is 418 g/mol. The summed E-state index contributed by atoms with van der Waals surface area (Å²) >= 11 is 0. The minimum atomic E-state index is -0.0345. The van der Waals surface area contributed by atoms with Crippen molar-refractivity contribution in [2.24, 2.45) is 0 Å².